The summed E-state index contributed by atoms with van der Waals surface area (Å²) in [6, 6.07) is 25.8. The molecule has 3 aromatic rings. The third-order valence-electron chi connectivity index (χ3n) is 5.39. The van der Waals surface area contributed by atoms with E-state index in [0.29, 0.717) is 16.7 Å². The smallest absolute Gasteiger partial charge is 0.338 e. The summed E-state index contributed by atoms with van der Waals surface area (Å²) in [6.07, 6.45) is -2.60. The van der Waals surface area contributed by atoms with Crippen molar-refractivity contribution in [1.82, 2.24) is 0 Å². The zero-order valence-electron chi connectivity index (χ0n) is 18.9. The van der Waals surface area contributed by atoms with Crippen LogP contribution in [0, 0.1) is 0 Å². The Balaban J connectivity index is 1.54. The quantitative estimate of drug-likeness (QED) is 0.428. The fourth-order valence-corrected chi connectivity index (χ4v) is 4.76. The van der Waals surface area contributed by atoms with Gasteiger partial charge in [0.05, 0.1) is 16.4 Å². The van der Waals surface area contributed by atoms with Gasteiger partial charge in [0.25, 0.3) is 0 Å². The molecule has 0 unspecified atom stereocenters. The molecule has 4 rings (SSSR count). The molecular weight excluding hydrogens is 468 g/mol. The molecule has 0 amide bonds. The Morgan fingerprint density at radius 1 is 0.771 bits per heavy atom. The number of esters is 2. The Hall–Kier alpha value is -3.46. The molecule has 1 fully saturated rings. The van der Waals surface area contributed by atoms with Gasteiger partial charge in [-0.25, -0.2) is 9.59 Å². The van der Waals surface area contributed by atoms with Crippen molar-refractivity contribution < 1.29 is 33.3 Å². The molecule has 7 nitrogen and oxygen atoms in total. The highest BCUT2D eigenvalue weighted by molar-refractivity contribution is 8.14. The van der Waals surface area contributed by atoms with Gasteiger partial charge in [-0.1, -0.05) is 78.5 Å². The number of ether oxygens (including phenoxy) is 4. The summed E-state index contributed by atoms with van der Waals surface area (Å²) in [5.74, 6) is -1.09. The van der Waals surface area contributed by atoms with Crippen molar-refractivity contribution in [3.8, 4) is 0 Å². The molecule has 1 aliphatic heterocycles. The second-order valence-corrected chi connectivity index (χ2v) is 8.87. The first-order valence-electron chi connectivity index (χ1n) is 11.0. The van der Waals surface area contributed by atoms with Crippen LogP contribution < -0.4 is 0 Å². The van der Waals surface area contributed by atoms with E-state index in [-0.39, 0.29) is 11.7 Å². The van der Waals surface area contributed by atoms with Gasteiger partial charge in [-0.15, -0.1) is 0 Å². The summed E-state index contributed by atoms with van der Waals surface area (Å²) < 4.78 is 22.6. The first kappa shape index (κ1) is 24.7. The highest BCUT2D eigenvalue weighted by atomic mass is 32.2. The van der Waals surface area contributed by atoms with E-state index >= 15 is 0 Å². The topological polar surface area (TPSA) is 88.1 Å². The second-order valence-electron chi connectivity index (χ2n) is 7.72. The minimum atomic E-state index is -0.941. The zero-order valence-corrected chi connectivity index (χ0v) is 19.8. The number of methoxy groups -OCH3 is 1. The van der Waals surface area contributed by atoms with Gasteiger partial charge in [-0.3, -0.25) is 4.79 Å². The van der Waals surface area contributed by atoms with Gasteiger partial charge >= 0.3 is 11.9 Å². The monoisotopic (exact) mass is 492 g/mol. The fraction of sp³-hybridized carbons (Fsp3) is 0.222. The normalized spacial score (nSPS) is 21.3. The molecule has 0 radical (unpaired) electrons. The van der Waals surface area contributed by atoms with E-state index in [4.69, 9.17) is 18.9 Å². The van der Waals surface area contributed by atoms with Crippen molar-refractivity contribution >= 4 is 28.8 Å². The number of carbonyl (C=O) groups excluding carboxylic acids is 3. The minimum Gasteiger partial charge on any atom is -0.459 e. The lowest BCUT2D eigenvalue weighted by atomic mass is 10.2. The number of rotatable bonds is 8. The average molecular weight is 493 g/mol. The molecule has 0 saturated carbocycles. The highest BCUT2D eigenvalue weighted by Crippen LogP contribution is 2.36. The van der Waals surface area contributed by atoms with Crippen molar-refractivity contribution in [3.63, 3.8) is 0 Å². The molecule has 1 aliphatic rings. The fourth-order valence-electron chi connectivity index (χ4n) is 3.63. The van der Waals surface area contributed by atoms with Crippen molar-refractivity contribution in [1.29, 1.82) is 0 Å². The predicted octanol–water partition coefficient (Wildman–Crippen LogP) is 4.38. The largest absolute Gasteiger partial charge is 0.459 e. The molecule has 0 aromatic heterocycles. The SMILES string of the molecule is CO[C@@H]1O[C@@H](COC(=O)c2ccccc2)[C@@H](SC(=O)c2ccccc2)[C@@H]1OC(=O)c1ccccc1. The van der Waals surface area contributed by atoms with Gasteiger partial charge in [-0.2, -0.15) is 0 Å². The number of thioether (sulfide) groups is 1. The van der Waals surface area contributed by atoms with E-state index in [0.717, 1.165) is 11.8 Å². The number of benzene rings is 3. The van der Waals surface area contributed by atoms with E-state index in [9.17, 15) is 14.4 Å². The third kappa shape index (κ3) is 6.16. The maximum Gasteiger partial charge on any atom is 0.338 e. The number of carbonyl (C=O) groups is 3. The summed E-state index contributed by atoms with van der Waals surface area (Å²) in [5, 5.41) is -0.903. The van der Waals surface area contributed by atoms with Crippen LogP contribution in [-0.2, 0) is 18.9 Å². The Labute approximate surface area is 207 Å². The molecule has 1 heterocycles. The number of hydrogen-bond donors (Lipinski definition) is 0. The van der Waals surface area contributed by atoms with Gasteiger partial charge in [-0.05, 0) is 24.3 Å². The number of hydrogen-bond acceptors (Lipinski definition) is 8. The highest BCUT2D eigenvalue weighted by Gasteiger charge is 2.49. The molecule has 8 heteroatoms. The van der Waals surface area contributed by atoms with Crippen LogP contribution >= 0.6 is 11.8 Å². The molecule has 35 heavy (non-hydrogen) atoms. The van der Waals surface area contributed by atoms with Crippen LogP contribution in [0.15, 0.2) is 91.0 Å². The van der Waals surface area contributed by atoms with E-state index in [1.807, 2.05) is 6.07 Å². The van der Waals surface area contributed by atoms with Crippen LogP contribution in [0.4, 0.5) is 0 Å². The lowest BCUT2D eigenvalue weighted by Crippen LogP contribution is -2.38. The van der Waals surface area contributed by atoms with Crippen LogP contribution in [-0.4, -0.2) is 54.5 Å². The summed E-state index contributed by atoms with van der Waals surface area (Å²) >= 11 is 0.968. The Kier molecular flexibility index (Phi) is 8.31. The minimum absolute atomic E-state index is 0.146. The van der Waals surface area contributed by atoms with Crippen molar-refractivity contribution in [2.75, 3.05) is 13.7 Å². The van der Waals surface area contributed by atoms with Crippen LogP contribution in [0.3, 0.4) is 0 Å². The molecule has 0 spiro atoms. The molecular formula is C27H24O7S. The Bertz CT molecular complexity index is 1140. The first-order valence-corrected chi connectivity index (χ1v) is 11.9. The lowest BCUT2D eigenvalue weighted by molar-refractivity contribution is -0.154. The van der Waals surface area contributed by atoms with Gasteiger partial charge in [0.1, 0.15) is 12.7 Å². The van der Waals surface area contributed by atoms with Gasteiger partial charge < -0.3 is 18.9 Å². The van der Waals surface area contributed by atoms with Gasteiger partial charge in [0.2, 0.25) is 5.12 Å². The average Bonchev–Trinajstić information content (AvgIpc) is 3.24. The second kappa shape index (κ2) is 11.8. The maximum atomic E-state index is 13.0. The van der Waals surface area contributed by atoms with Crippen molar-refractivity contribution in [3.05, 3.63) is 108 Å². The van der Waals surface area contributed by atoms with E-state index in [1.165, 1.54) is 7.11 Å². The third-order valence-corrected chi connectivity index (χ3v) is 6.69. The molecule has 180 valence electrons. The molecule has 4 atom stereocenters. The van der Waals surface area contributed by atoms with Crippen LogP contribution in [0.5, 0.6) is 0 Å². The van der Waals surface area contributed by atoms with E-state index < -0.39 is 35.7 Å². The van der Waals surface area contributed by atoms with Crippen molar-refractivity contribution in [2.45, 2.75) is 23.7 Å². The first-order chi connectivity index (χ1) is 17.1. The Morgan fingerprint density at radius 2 is 1.29 bits per heavy atom. The van der Waals surface area contributed by atoms with Crippen molar-refractivity contribution in [2.24, 2.45) is 0 Å². The summed E-state index contributed by atoms with van der Waals surface area (Å²) in [6.45, 7) is -0.146. The molecule has 3 aromatic carbocycles. The lowest BCUT2D eigenvalue weighted by Gasteiger charge is -2.23. The van der Waals surface area contributed by atoms with Crippen LogP contribution in [0.25, 0.3) is 0 Å². The predicted molar refractivity (Wildman–Crippen MR) is 130 cm³/mol. The summed E-state index contributed by atoms with van der Waals surface area (Å²) in [4.78, 5) is 38.3. The van der Waals surface area contributed by atoms with E-state index in [1.54, 1.807) is 84.9 Å². The molecule has 0 aliphatic carbocycles. The maximum absolute atomic E-state index is 13.0. The Morgan fingerprint density at radius 3 is 1.83 bits per heavy atom. The molecule has 1 saturated heterocycles. The van der Waals surface area contributed by atoms with Crippen LogP contribution in [0.1, 0.15) is 31.1 Å². The summed E-state index contributed by atoms with van der Waals surface area (Å²) in [7, 11) is 1.42. The van der Waals surface area contributed by atoms with Gasteiger partial charge in [0, 0.05) is 12.7 Å². The zero-order chi connectivity index (χ0) is 24.6. The molecule has 0 N–H and O–H groups in total. The standard InChI is InChI=1S/C27H24O7S/c1-31-27-22(34-25(29)19-13-7-3-8-14-19)23(35-26(30)20-15-9-4-10-16-20)21(33-27)17-32-24(28)18-11-5-2-6-12-18/h2-16,21-23,27H,17H2,1H3/t21-,22-,23+,27+/m0/s1. The van der Waals surface area contributed by atoms with E-state index in [2.05, 4.69) is 0 Å². The summed E-state index contributed by atoms with van der Waals surface area (Å²) in [5.41, 5.74) is 1.25. The molecule has 0 bridgehead atoms. The van der Waals surface area contributed by atoms with Gasteiger partial charge in [0.15, 0.2) is 12.4 Å². The van der Waals surface area contributed by atoms with Crippen LogP contribution in [0.2, 0.25) is 0 Å².